The summed E-state index contributed by atoms with van der Waals surface area (Å²) in [6.45, 7) is 0.361. The van der Waals surface area contributed by atoms with E-state index in [1.54, 1.807) is 12.1 Å². The van der Waals surface area contributed by atoms with Gasteiger partial charge in [0.15, 0.2) is 11.5 Å². The van der Waals surface area contributed by atoms with Crippen LogP contribution in [0.5, 0.6) is 17.2 Å². The monoisotopic (exact) mass is 309 g/mol. The average Bonchev–Trinajstić information content (AvgIpc) is 2.90. The smallest absolute Gasteiger partial charge is 0.310 e. The summed E-state index contributed by atoms with van der Waals surface area (Å²) in [6, 6.07) is 3.39. The maximum atomic E-state index is 12.0. The van der Waals surface area contributed by atoms with Crippen LogP contribution in [0.3, 0.4) is 0 Å². The molecular formula is C15H19NO6. The zero-order chi connectivity index (χ0) is 16.1. The molecule has 1 N–H and O–H groups in total. The number of ether oxygens (including phenoxy) is 4. The maximum absolute atomic E-state index is 12.0. The lowest BCUT2D eigenvalue weighted by molar-refractivity contribution is -0.147. The van der Waals surface area contributed by atoms with E-state index in [2.05, 4.69) is 5.32 Å². The van der Waals surface area contributed by atoms with E-state index in [1.807, 2.05) is 0 Å². The van der Waals surface area contributed by atoms with E-state index in [0.29, 0.717) is 29.4 Å². The molecule has 0 spiro atoms. The maximum Gasteiger partial charge on any atom is 0.310 e. The third-order valence-corrected chi connectivity index (χ3v) is 3.31. The number of amides is 1. The Bertz CT molecular complexity index is 546. The molecule has 120 valence electrons. The van der Waals surface area contributed by atoms with Crippen LogP contribution in [0.4, 0.5) is 0 Å². The Morgan fingerprint density at radius 1 is 1.18 bits per heavy atom. The molecule has 7 nitrogen and oxygen atoms in total. The first-order valence-corrected chi connectivity index (χ1v) is 6.82. The Morgan fingerprint density at radius 3 is 2.27 bits per heavy atom. The van der Waals surface area contributed by atoms with Gasteiger partial charge in [-0.05, 0) is 17.7 Å². The van der Waals surface area contributed by atoms with Crippen LogP contribution < -0.4 is 19.5 Å². The summed E-state index contributed by atoms with van der Waals surface area (Å²) in [5.74, 6) is 0.902. The predicted molar refractivity (Wildman–Crippen MR) is 77.3 cm³/mol. The van der Waals surface area contributed by atoms with Gasteiger partial charge in [0.1, 0.15) is 6.10 Å². The Hall–Kier alpha value is -2.44. The van der Waals surface area contributed by atoms with Gasteiger partial charge in [-0.25, -0.2) is 0 Å². The lowest BCUT2D eigenvalue weighted by Crippen LogP contribution is -2.22. The van der Waals surface area contributed by atoms with Crippen LogP contribution >= 0.6 is 0 Å². The normalized spacial score (nSPS) is 16.9. The number of carbonyl (C=O) groups is 2. The molecule has 0 bridgehead atoms. The summed E-state index contributed by atoms with van der Waals surface area (Å²) >= 11 is 0. The molecule has 22 heavy (non-hydrogen) atoms. The first-order valence-electron chi connectivity index (χ1n) is 6.82. The highest BCUT2D eigenvalue weighted by Gasteiger charge is 2.25. The van der Waals surface area contributed by atoms with Gasteiger partial charge >= 0.3 is 5.97 Å². The number of rotatable bonds is 6. The topological polar surface area (TPSA) is 83.1 Å². The van der Waals surface area contributed by atoms with Crippen LogP contribution in [0, 0.1) is 0 Å². The van der Waals surface area contributed by atoms with E-state index < -0.39 is 12.1 Å². The van der Waals surface area contributed by atoms with E-state index in [-0.39, 0.29) is 18.7 Å². The standard InChI is InChI=1S/C15H19NO6/c1-19-11-4-9(5-12(20-2)15(11)21-3)6-14(18)22-10-7-13(17)16-8-10/h4-5,10H,6-8H2,1-3H3,(H,16,17)/t10-/m0/s1. The zero-order valence-electron chi connectivity index (χ0n) is 12.8. The summed E-state index contributed by atoms with van der Waals surface area (Å²) in [5.41, 5.74) is 0.678. The van der Waals surface area contributed by atoms with Gasteiger partial charge in [-0.1, -0.05) is 0 Å². The van der Waals surface area contributed by atoms with Crippen LogP contribution in [0.25, 0.3) is 0 Å². The van der Waals surface area contributed by atoms with E-state index in [4.69, 9.17) is 18.9 Å². The second kappa shape index (κ2) is 7.02. The van der Waals surface area contributed by atoms with Crippen LogP contribution in [0.1, 0.15) is 12.0 Å². The van der Waals surface area contributed by atoms with Gasteiger partial charge in [0.25, 0.3) is 0 Å². The number of esters is 1. The number of hydrogen-bond acceptors (Lipinski definition) is 6. The number of methoxy groups -OCH3 is 3. The fourth-order valence-corrected chi connectivity index (χ4v) is 2.29. The predicted octanol–water partition coefficient (Wildman–Crippen LogP) is 0.687. The van der Waals surface area contributed by atoms with Crippen molar-refractivity contribution in [1.82, 2.24) is 5.32 Å². The van der Waals surface area contributed by atoms with Gasteiger partial charge in [-0.2, -0.15) is 0 Å². The van der Waals surface area contributed by atoms with Gasteiger partial charge in [-0.3, -0.25) is 9.59 Å². The van der Waals surface area contributed by atoms with E-state index >= 15 is 0 Å². The Balaban J connectivity index is 2.08. The molecule has 1 aromatic rings. The van der Waals surface area contributed by atoms with Crippen molar-refractivity contribution in [3.63, 3.8) is 0 Å². The van der Waals surface area contributed by atoms with Gasteiger partial charge in [-0.15, -0.1) is 0 Å². The van der Waals surface area contributed by atoms with Gasteiger partial charge in [0.05, 0.1) is 40.7 Å². The molecule has 7 heteroatoms. The Kier molecular flexibility index (Phi) is 5.08. The SMILES string of the molecule is COc1cc(CC(=O)O[C@@H]2CNC(=O)C2)cc(OC)c1OC. The van der Waals surface area contributed by atoms with Crippen molar-refractivity contribution in [2.45, 2.75) is 18.9 Å². The molecular weight excluding hydrogens is 290 g/mol. The highest BCUT2D eigenvalue weighted by atomic mass is 16.5. The number of nitrogens with one attached hydrogen (secondary N) is 1. The van der Waals surface area contributed by atoms with Crippen molar-refractivity contribution in [1.29, 1.82) is 0 Å². The van der Waals surface area contributed by atoms with Crippen molar-refractivity contribution < 1.29 is 28.5 Å². The first kappa shape index (κ1) is 15.9. The molecule has 0 aromatic heterocycles. The minimum atomic E-state index is -0.407. The molecule has 0 radical (unpaired) electrons. The second-order valence-corrected chi connectivity index (χ2v) is 4.83. The molecule has 0 aliphatic carbocycles. The van der Waals surface area contributed by atoms with Gasteiger partial charge in [0, 0.05) is 0 Å². The van der Waals surface area contributed by atoms with E-state index in [0.717, 1.165) is 0 Å². The van der Waals surface area contributed by atoms with Crippen molar-refractivity contribution in [3.05, 3.63) is 17.7 Å². The molecule has 1 aliphatic heterocycles. The zero-order valence-corrected chi connectivity index (χ0v) is 12.8. The molecule has 1 atom stereocenters. The minimum Gasteiger partial charge on any atom is -0.493 e. The third-order valence-electron chi connectivity index (χ3n) is 3.31. The fourth-order valence-electron chi connectivity index (χ4n) is 2.29. The summed E-state index contributed by atoms with van der Waals surface area (Å²) in [7, 11) is 4.53. The van der Waals surface area contributed by atoms with Crippen LogP contribution in [-0.4, -0.2) is 45.9 Å². The summed E-state index contributed by atoms with van der Waals surface area (Å²) in [6.07, 6.45) is -0.135. The van der Waals surface area contributed by atoms with Crippen LogP contribution in [0.15, 0.2) is 12.1 Å². The molecule has 1 amide bonds. The number of benzene rings is 1. The number of hydrogen-bond donors (Lipinski definition) is 1. The molecule has 0 saturated carbocycles. The lowest BCUT2D eigenvalue weighted by Gasteiger charge is -2.14. The Morgan fingerprint density at radius 2 is 1.82 bits per heavy atom. The highest BCUT2D eigenvalue weighted by Crippen LogP contribution is 2.38. The third kappa shape index (κ3) is 3.60. The molecule has 1 saturated heterocycles. The summed E-state index contributed by atoms with van der Waals surface area (Å²) in [5, 5.41) is 2.62. The number of carbonyl (C=O) groups excluding carboxylic acids is 2. The first-order chi connectivity index (χ1) is 10.6. The average molecular weight is 309 g/mol. The molecule has 0 unspecified atom stereocenters. The van der Waals surface area contributed by atoms with Crippen LogP contribution in [0.2, 0.25) is 0 Å². The van der Waals surface area contributed by atoms with Crippen molar-refractivity contribution in [3.8, 4) is 17.2 Å². The fraction of sp³-hybridized carbons (Fsp3) is 0.467. The van der Waals surface area contributed by atoms with Gasteiger partial charge < -0.3 is 24.3 Å². The molecule has 2 rings (SSSR count). The lowest BCUT2D eigenvalue weighted by atomic mass is 10.1. The molecule has 1 aromatic carbocycles. The van der Waals surface area contributed by atoms with Crippen molar-refractivity contribution >= 4 is 11.9 Å². The second-order valence-electron chi connectivity index (χ2n) is 4.83. The molecule has 1 fully saturated rings. The van der Waals surface area contributed by atoms with Gasteiger partial charge in [0.2, 0.25) is 11.7 Å². The largest absolute Gasteiger partial charge is 0.493 e. The van der Waals surface area contributed by atoms with E-state index in [9.17, 15) is 9.59 Å². The summed E-state index contributed by atoms with van der Waals surface area (Å²) in [4.78, 5) is 23.0. The van der Waals surface area contributed by atoms with Crippen molar-refractivity contribution in [2.75, 3.05) is 27.9 Å². The van der Waals surface area contributed by atoms with Crippen molar-refractivity contribution in [2.24, 2.45) is 0 Å². The van der Waals surface area contributed by atoms with E-state index in [1.165, 1.54) is 21.3 Å². The summed E-state index contributed by atoms with van der Waals surface area (Å²) < 4.78 is 21.0. The van der Waals surface area contributed by atoms with Crippen LogP contribution in [-0.2, 0) is 20.7 Å². The quantitative estimate of drug-likeness (QED) is 0.778. The molecule has 1 heterocycles. The Labute approximate surface area is 128 Å². The highest BCUT2D eigenvalue weighted by molar-refractivity contribution is 5.80. The minimum absolute atomic E-state index is 0.0569. The molecule has 1 aliphatic rings.